The molecule has 0 aliphatic carbocycles. The number of nitrogens with two attached hydrogens (primary N) is 1. The summed E-state index contributed by atoms with van der Waals surface area (Å²) in [6.07, 6.45) is 0. The number of para-hydroxylation sites is 2. The van der Waals surface area contributed by atoms with Crippen LogP contribution in [-0.2, 0) is 6.61 Å². The van der Waals surface area contributed by atoms with Crippen molar-refractivity contribution in [2.45, 2.75) is 6.61 Å². The van der Waals surface area contributed by atoms with Gasteiger partial charge in [-0.3, -0.25) is 4.79 Å². The van der Waals surface area contributed by atoms with Crippen molar-refractivity contribution < 1.29 is 9.53 Å². The molecule has 0 bridgehead atoms. The van der Waals surface area contributed by atoms with E-state index in [4.69, 9.17) is 10.5 Å². The minimum Gasteiger partial charge on any atom is -0.489 e. The SMILES string of the molecule is Nc1ccccc1Nc1ccc(OCc2ccccc2C(=O)c2ccccc2)cc1. The first-order valence-corrected chi connectivity index (χ1v) is 9.73. The van der Waals surface area contributed by atoms with Gasteiger partial charge in [0.25, 0.3) is 0 Å². The molecule has 0 unspecified atom stereocenters. The summed E-state index contributed by atoms with van der Waals surface area (Å²) in [5, 5.41) is 3.29. The van der Waals surface area contributed by atoms with Gasteiger partial charge in [0.1, 0.15) is 12.4 Å². The Labute approximate surface area is 175 Å². The van der Waals surface area contributed by atoms with Crippen LogP contribution in [0.2, 0.25) is 0 Å². The molecule has 0 saturated heterocycles. The summed E-state index contributed by atoms with van der Waals surface area (Å²) in [5.41, 5.74) is 10.6. The Kier molecular flexibility index (Phi) is 5.76. The number of nitrogens with one attached hydrogen (secondary N) is 1. The average molecular weight is 394 g/mol. The summed E-state index contributed by atoms with van der Waals surface area (Å²) in [6, 6.07) is 32.1. The van der Waals surface area contributed by atoms with E-state index in [1.165, 1.54) is 0 Å². The maximum atomic E-state index is 12.9. The van der Waals surface area contributed by atoms with Crippen LogP contribution in [0.3, 0.4) is 0 Å². The van der Waals surface area contributed by atoms with Crippen LogP contribution in [-0.4, -0.2) is 5.78 Å². The number of benzene rings is 4. The Balaban J connectivity index is 1.44. The van der Waals surface area contributed by atoms with Gasteiger partial charge in [-0.2, -0.15) is 0 Å². The maximum absolute atomic E-state index is 12.9. The first kappa shape index (κ1) is 19.3. The predicted octanol–water partition coefficient (Wildman–Crippen LogP) is 5.82. The summed E-state index contributed by atoms with van der Waals surface area (Å²) in [6.45, 7) is 0.313. The third kappa shape index (κ3) is 4.50. The minimum atomic E-state index is -0.00482. The molecule has 30 heavy (non-hydrogen) atoms. The Morgan fingerprint density at radius 2 is 1.43 bits per heavy atom. The molecule has 4 aromatic rings. The molecule has 0 fully saturated rings. The Hall–Kier alpha value is -4.05. The largest absolute Gasteiger partial charge is 0.489 e. The van der Waals surface area contributed by atoms with Gasteiger partial charge < -0.3 is 15.8 Å². The molecule has 0 saturated carbocycles. The fourth-order valence-electron chi connectivity index (χ4n) is 3.17. The number of hydrogen-bond donors (Lipinski definition) is 2. The summed E-state index contributed by atoms with van der Waals surface area (Å²) >= 11 is 0. The van der Waals surface area contributed by atoms with Crippen molar-refractivity contribution in [3.8, 4) is 5.75 Å². The lowest BCUT2D eigenvalue weighted by molar-refractivity contribution is 0.103. The second-order valence-corrected chi connectivity index (χ2v) is 6.88. The monoisotopic (exact) mass is 394 g/mol. The number of ether oxygens (including phenoxy) is 1. The fraction of sp³-hybridized carbons (Fsp3) is 0.0385. The van der Waals surface area contributed by atoms with Crippen molar-refractivity contribution in [3.63, 3.8) is 0 Å². The van der Waals surface area contributed by atoms with Crippen LogP contribution >= 0.6 is 0 Å². The van der Waals surface area contributed by atoms with Gasteiger partial charge in [-0.25, -0.2) is 0 Å². The van der Waals surface area contributed by atoms with Crippen LogP contribution in [0.15, 0.2) is 103 Å². The van der Waals surface area contributed by atoms with Gasteiger partial charge in [0.15, 0.2) is 5.78 Å². The summed E-state index contributed by atoms with van der Waals surface area (Å²) in [4.78, 5) is 12.9. The van der Waals surface area contributed by atoms with Gasteiger partial charge in [0, 0.05) is 22.4 Å². The first-order chi connectivity index (χ1) is 14.7. The quantitative estimate of drug-likeness (QED) is 0.306. The van der Waals surface area contributed by atoms with Crippen LogP contribution in [0.25, 0.3) is 0 Å². The number of rotatable bonds is 7. The first-order valence-electron chi connectivity index (χ1n) is 9.73. The van der Waals surface area contributed by atoms with Crippen LogP contribution in [0, 0.1) is 0 Å². The standard InChI is InChI=1S/C26H22N2O2/c27-24-12-6-7-13-25(24)28-21-14-16-22(17-15-21)30-18-20-10-4-5-11-23(20)26(29)19-8-2-1-3-9-19/h1-17,28H,18,27H2. The fourth-order valence-corrected chi connectivity index (χ4v) is 3.17. The molecular formula is C26H22N2O2. The van der Waals surface area contributed by atoms with Gasteiger partial charge >= 0.3 is 0 Å². The molecule has 4 rings (SSSR count). The molecule has 4 heteroatoms. The smallest absolute Gasteiger partial charge is 0.193 e. The Bertz CT molecular complexity index is 1140. The number of ketones is 1. The van der Waals surface area contributed by atoms with Gasteiger partial charge in [-0.15, -0.1) is 0 Å². The zero-order chi connectivity index (χ0) is 20.8. The van der Waals surface area contributed by atoms with E-state index < -0.39 is 0 Å². The highest BCUT2D eigenvalue weighted by Gasteiger charge is 2.13. The average Bonchev–Trinajstić information content (AvgIpc) is 2.80. The van der Waals surface area contributed by atoms with Crippen LogP contribution < -0.4 is 15.8 Å². The van der Waals surface area contributed by atoms with Crippen molar-refractivity contribution in [2.75, 3.05) is 11.1 Å². The van der Waals surface area contributed by atoms with Crippen molar-refractivity contribution in [1.29, 1.82) is 0 Å². The Morgan fingerprint density at radius 1 is 0.767 bits per heavy atom. The van der Waals surface area contributed by atoms with E-state index in [9.17, 15) is 4.79 Å². The highest BCUT2D eigenvalue weighted by Crippen LogP contribution is 2.25. The van der Waals surface area contributed by atoms with Crippen LogP contribution in [0.5, 0.6) is 5.75 Å². The van der Waals surface area contributed by atoms with Crippen LogP contribution in [0.4, 0.5) is 17.1 Å². The third-order valence-corrected chi connectivity index (χ3v) is 4.79. The molecule has 0 heterocycles. The number of nitrogen functional groups attached to an aromatic ring is 1. The summed E-state index contributed by atoms with van der Waals surface area (Å²) in [5.74, 6) is 0.721. The molecule has 0 spiro atoms. The number of carbonyl (C=O) groups excluding carboxylic acids is 1. The highest BCUT2D eigenvalue weighted by molar-refractivity contribution is 6.09. The molecule has 4 nitrogen and oxygen atoms in total. The topological polar surface area (TPSA) is 64.3 Å². The molecule has 0 aliphatic rings. The third-order valence-electron chi connectivity index (χ3n) is 4.79. The highest BCUT2D eigenvalue weighted by atomic mass is 16.5. The van der Waals surface area contributed by atoms with E-state index in [1.807, 2.05) is 103 Å². The van der Waals surface area contributed by atoms with E-state index in [0.717, 1.165) is 22.7 Å². The van der Waals surface area contributed by atoms with Crippen molar-refractivity contribution >= 4 is 22.8 Å². The number of anilines is 3. The van der Waals surface area contributed by atoms with Crippen LogP contribution in [0.1, 0.15) is 21.5 Å². The van der Waals surface area contributed by atoms with E-state index >= 15 is 0 Å². The predicted molar refractivity (Wildman–Crippen MR) is 121 cm³/mol. The molecule has 0 aromatic heterocycles. The molecule has 0 amide bonds. The number of hydrogen-bond acceptors (Lipinski definition) is 4. The molecular weight excluding hydrogens is 372 g/mol. The van der Waals surface area contributed by atoms with Gasteiger partial charge in [-0.1, -0.05) is 66.7 Å². The molecule has 0 atom stereocenters. The van der Waals surface area contributed by atoms with Gasteiger partial charge in [-0.05, 0) is 36.4 Å². The second kappa shape index (κ2) is 8.97. The van der Waals surface area contributed by atoms with Gasteiger partial charge in [0.05, 0.1) is 11.4 Å². The van der Waals surface area contributed by atoms with Crippen molar-refractivity contribution in [3.05, 3.63) is 120 Å². The summed E-state index contributed by atoms with van der Waals surface area (Å²) < 4.78 is 5.94. The lowest BCUT2D eigenvalue weighted by Crippen LogP contribution is -2.07. The number of carbonyl (C=O) groups is 1. The lowest BCUT2D eigenvalue weighted by Gasteiger charge is -2.12. The minimum absolute atomic E-state index is 0.00482. The van der Waals surface area contributed by atoms with Crippen molar-refractivity contribution in [2.24, 2.45) is 0 Å². The van der Waals surface area contributed by atoms with E-state index in [0.29, 0.717) is 23.4 Å². The second-order valence-electron chi connectivity index (χ2n) is 6.88. The molecule has 148 valence electrons. The van der Waals surface area contributed by atoms with Crippen molar-refractivity contribution in [1.82, 2.24) is 0 Å². The molecule has 4 aromatic carbocycles. The molecule has 0 radical (unpaired) electrons. The van der Waals surface area contributed by atoms with E-state index in [-0.39, 0.29) is 5.78 Å². The molecule has 3 N–H and O–H groups in total. The normalized spacial score (nSPS) is 10.4. The Morgan fingerprint density at radius 3 is 2.20 bits per heavy atom. The van der Waals surface area contributed by atoms with E-state index in [2.05, 4.69) is 5.32 Å². The zero-order valence-corrected chi connectivity index (χ0v) is 16.4. The van der Waals surface area contributed by atoms with Gasteiger partial charge in [0.2, 0.25) is 0 Å². The maximum Gasteiger partial charge on any atom is 0.193 e. The molecule has 0 aliphatic heterocycles. The summed E-state index contributed by atoms with van der Waals surface area (Å²) in [7, 11) is 0. The zero-order valence-electron chi connectivity index (χ0n) is 16.4. The van der Waals surface area contributed by atoms with E-state index in [1.54, 1.807) is 0 Å². The lowest BCUT2D eigenvalue weighted by atomic mass is 9.99.